The molecule has 11 heteroatoms. The summed E-state index contributed by atoms with van der Waals surface area (Å²) < 4.78 is 33.0. The van der Waals surface area contributed by atoms with Crippen LogP contribution in [0.3, 0.4) is 0 Å². The Balaban J connectivity index is 0.917. The number of rotatable bonds is 6. The van der Waals surface area contributed by atoms with Crippen LogP contribution < -0.4 is 10.1 Å². The number of hydrogen-bond donors (Lipinski definition) is 1. The number of imide groups is 1. The van der Waals surface area contributed by atoms with Gasteiger partial charge < -0.3 is 14.5 Å². The van der Waals surface area contributed by atoms with E-state index >= 15 is 0 Å². The number of nitrogens with one attached hydrogen (secondary N) is 1. The van der Waals surface area contributed by atoms with E-state index < -0.39 is 23.8 Å². The second kappa shape index (κ2) is 11.1. The number of piperidine rings is 2. The molecular weight excluding hydrogens is 558 g/mol. The molecule has 0 radical (unpaired) electrons. The third-order valence-electron chi connectivity index (χ3n) is 10.8. The molecule has 1 N–H and O–H groups in total. The van der Waals surface area contributed by atoms with E-state index in [1.54, 1.807) is 11.0 Å². The molecule has 3 saturated heterocycles. The molecular formula is C32H40F2N4O5. The fourth-order valence-corrected chi connectivity index (χ4v) is 8.23. The van der Waals surface area contributed by atoms with Crippen molar-refractivity contribution in [3.63, 3.8) is 0 Å². The molecule has 1 unspecified atom stereocenters. The number of nitrogens with zero attached hydrogens (tertiary/aromatic N) is 3. The van der Waals surface area contributed by atoms with Crippen molar-refractivity contribution in [2.75, 3.05) is 26.2 Å². The summed E-state index contributed by atoms with van der Waals surface area (Å²) >= 11 is 0. The summed E-state index contributed by atoms with van der Waals surface area (Å²) in [6.45, 7) is 3.74. The summed E-state index contributed by atoms with van der Waals surface area (Å²) in [6.07, 6.45) is 6.29. The van der Waals surface area contributed by atoms with Gasteiger partial charge in [0.15, 0.2) is 0 Å². The maximum absolute atomic E-state index is 13.2. The molecule has 2 saturated carbocycles. The van der Waals surface area contributed by atoms with E-state index in [2.05, 4.69) is 10.2 Å². The average Bonchev–Trinajstić information content (AvgIpc) is 3.27. The molecule has 6 aliphatic rings. The number of hydrogen-bond acceptors (Lipinski definition) is 6. The molecule has 0 bridgehead atoms. The van der Waals surface area contributed by atoms with Crippen LogP contribution in [0.1, 0.15) is 80.1 Å². The van der Waals surface area contributed by atoms with Gasteiger partial charge in [0.05, 0.1) is 0 Å². The number of fused-ring (bicyclic) bond motifs is 1. The Labute approximate surface area is 250 Å². The molecule has 4 amide bonds. The molecule has 1 aromatic rings. The maximum atomic E-state index is 13.2. The van der Waals surface area contributed by atoms with E-state index in [0.717, 1.165) is 56.5 Å². The molecule has 232 valence electrons. The van der Waals surface area contributed by atoms with Gasteiger partial charge in [0.25, 0.3) is 5.91 Å². The minimum atomic E-state index is -2.66. The molecule has 4 heterocycles. The number of carbonyl (C=O) groups is 4. The van der Waals surface area contributed by atoms with Crippen molar-refractivity contribution in [1.82, 2.24) is 20.0 Å². The van der Waals surface area contributed by atoms with Gasteiger partial charge >= 0.3 is 0 Å². The van der Waals surface area contributed by atoms with Crippen LogP contribution >= 0.6 is 0 Å². The van der Waals surface area contributed by atoms with Crippen molar-refractivity contribution >= 4 is 23.6 Å². The van der Waals surface area contributed by atoms with Crippen LogP contribution in [-0.2, 0) is 20.9 Å². The second-order valence-electron chi connectivity index (χ2n) is 13.6. The predicted octanol–water partition coefficient (Wildman–Crippen LogP) is 3.35. The number of alkyl halides is 2. The standard InChI is InChI=1S/C32H40F2N4O5/c33-32(34)14-21(15-32)30(41)36-11-9-19(10-12-36)22-16-37(17-22)25-3-1-2-4-27(25)43-23-5-6-24-20(13-23)18-38(31(24)42)26-7-8-28(39)35-29(26)40/h5-6,13,19,21-22,25-27H,1-4,7-12,14-18H2,(H,35,39,40)/t25-,26?,27-/m1/s1. The molecule has 7 rings (SSSR count). The zero-order valence-electron chi connectivity index (χ0n) is 24.4. The minimum absolute atomic E-state index is 0.0659. The molecule has 0 aromatic heterocycles. The zero-order chi connectivity index (χ0) is 29.9. The van der Waals surface area contributed by atoms with Gasteiger partial charge in [-0.1, -0.05) is 6.42 Å². The van der Waals surface area contributed by atoms with Crippen LogP contribution in [0.4, 0.5) is 8.78 Å². The number of ether oxygens (including phenoxy) is 1. The average molecular weight is 599 g/mol. The van der Waals surface area contributed by atoms with Crippen LogP contribution in [-0.4, -0.2) is 88.6 Å². The van der Waals surface area contributed by atoms with Crippen LogP contribution in [0.25, 0.3) is 0 Å². The summed E-state index contributed by atoms with van der Waals surface area (Å²) in [5.74, 6) is -2.23. The van der Waals surface area contributed by atoms with E-state index in [0.29, 0.717) is 49.5 Å². The van der Waals surface area contributed by atoms with Crippen molar-refractivity contribution < 1.29 is 32.7 Å². The summed E-state index contributed by atoms with van der Waals surface area (Å²) in [7, 11) is 0. The lowest BCUT2D eigenvalue weighted by Crippen LogP contribution is -2.60. The van der Waals surface area contributed by atoms with Crippen molar-refractivity contribution in [2.24, 2.45) is 17.8 Å². The Bertz CT molecular complexity index is 1300. The minimum Gasteiger partial charge on any atom is -0.489 e. The van der Waals surface area contributed by atoms with Crippen LogP contribution in [0.2, 0.25) is 0 Å². The molecule has 5 fully saturated rings. The van der Waals surface area contributed by atoms with Crippen LogP contribution in [0.5, 0.6) is 5.75 Å². The summed E-state index contributed by atoms with van der Waals surface area (Å²) in [5.41, 5.74) is 1.43. The lowest BCUT2D eigenvalue weighted by Gasteiger charge is -2.52. The SMILES string of the molecule is O=C1CCC(N2Cc3cc(O[C@@H]4CCCC[C@H]4N4CC(C5CCN(C(=O)C6CC(F)(F)C6)CC5)C4)ccc3C2=O)C(=O)N1. The first-order chi connectivity index (χ1) is 20.6. The highest BCUT2D eigenvalue weighted by Gasteiger charge is 2.50. The van der Waals surface area contributed by atoms with E-state index in [1.807, 2.05) is 17.0 Å². The van der Waals surface area contributed by atoms with Gasteiger partial charge in [0.1, 0.15) is 17.9 Å². The zero-order valence-corrected chi connectivity index (χ0v) is 24.4. The second-order valence-corrected chi connectivity index (χ2v) is 13.6. The van der Waals surface area contributed by atoms with Gasteiger partial charge in [-0.15, -0.1) is 0 Å². The van der Waals surface area contributed by atoms with Crippen molar-refractivity contribution in [2.45, 2.75) is 94.9 Å². The Kier molecular flexibility index (Phi) is 7.42. The van der Waals surface area contributed by atoms with Gasteiger partial charge in [-0.25, -0.2) is 8.78 Å². The number of carbonyl (C=O) groups excluding carboxylic acids is 4. The molecule has 0 spiro atoms. The fraction of sp³-hybridized carbons (Fsp3) is 0.688. The third-order valence-corrected chi connectivity index (χ3v) is 10.8. The smallest absolute Gasteiger partial charge is 0.255 e. The predicted molar refractivity (Wildman–Crippen MR) is 151 cm³/mol. The number of halogens is 2. The lowest BCUT2D eigenvalue weighted by atomic mass is 9.76. The fourth-order valence-electron chi connectivity index (χ4n) is 8.23. The van der Waals surface area contributed by atoms with Crippen molar-refractivity contribution in [1.29, 1.82) is 0 Å². The normalized spacial score (nSPS) is 30.5. The first-order valence-corrected chi connectivity index (χ1v) is 16.0. The Hall–Kier alpha value is -3.08. The molecule has 2 aliphatic carbocycles. The topological polar surface area (TPSA) is 99.3 Å². The summed E-state index contributed by atoms with van der Waals surface area (Å²) in [4.78, 5) is 55.5. The van der Waals surface area contributed by atoms with E-state index in [9.17, 15) is 28.0 Å². The number of amides is 4. The largest absolute Gasteiger partial charge is 0.489 e. The number of likely N-dealkylation sites (tertiary alicyclic amines) is 2. The molecule has 4 aliphatic heterocycles. The third kappa shape index (κ3) is 5.53. The van der Waals surface area contributed by atoms with Gasteiger partial charge in [-0.3, -0.25) is 29.4 Å². The van der Waals surface area contributed by atoms with Gasteiger partial charge in [-0.05, 0) is 74.1 Å². The van der Waals surface area contributed by atoms with Crippen molar-refractivity contribution in [3.05, 3.63) is 29.3 Å². The highest BCUT2D eigenvalue weighted by molar-refractivity contribution is 6.05. The van der Waals surface area contributed by atoms with E-state index in [4.69, 9.17) is 4.74 Å². The van der Waals surface area contributed by atoms with Gasteiger partial charge in [0, 0.05) is 69.5 Å². The van der Waals surface area contributed by atoms with Crippen molar-refractivity contribution in [3.8, 4) is 5.75 Å². The molecule has 3 atom stereocenters. The lowest BCUT2D eigenvalue weighted by molar-refractivity contribution is -0.161. The van der Waals surface area contributed by atoms with E-state index in [-0.39, 0.29) is 43.1 Å². The van der Waals surface area contributed by atoms with Crippen LogP contribution in [0, 0.1) is 17.8 Å². The Morgan fingerprint density at radius 2 is 1.70 bits per heavy atom. The first kappa shape index (κ1) is 28.7. The summed E-state index contributed by atoms with van der Waals surface area (Å²) in [5, 5.41) is 2.35. The van der Waals surface area contributed by atoms with Gasteiger partial charge in [-0.2, -0.15) is 0 Å². The molecule has 1 aromatic carbocycles. The first-order valence-electron chi connectivity index (χ1n) is 16.0. The molecule has 43 heavy (non-hydrogen) atoms. The molecule has 9 nitrogen and oxygen atoms in total. The highest BCUT2D eigenvalue weighted by atomic mass is 19.3. The van der Waals surface area contributed by atoms with E-state index in [1.165, 1.54) is 6.42 Å². The number of benzene rings is 1. The van der Waals surface area contributed by atoms with Crippen LogP contribution in [0.15, 0.2) is 18.2 Å². The highest BCUT2D eigenvalue weighted by Crippen LogP contribution is 2.44. The quantitative estimate of drug-likeness (QED) is 0.505. The monoisotopic (exact) mass is 598 g/mol. The maximum Gasteiger partial charge on any atom is 0.255 e. The van der Waals surface area contributed by atoms with Gasteiger partial charge in [0.2, 0.25) is 23.6 Å². The Morgan fingerprint density at radius 1 is 0.953 bits per heavy atom. The summed E-state index contributed by atoms with van der Waals surface area (Å²) in [6, 6.07) is 5.29. The Morgan fingerprint density at radius 3 is 2.42 bits per heavy atom.